The normalized spacial score (nSPS) is 8.44. The molecule has 0 aliphatic rings. The van der Waals surface area contributed by atoms with Gasteiger partial charge in [0.1, 0.15) is 0 Å². The summed E-state index contributed by atoms with van der Waals surface area (Å²) in [7, 11) is 0. The van der Waals surface area contributed by atoms with Crippen LogP contribution in [0.1, 0.15) is 0 Å². The zero-order chi connectivity index (χ0) is 11.1. The number of hydrogen-bond acceptors (Lipinski definition) is 1. The van der Waals surface area contributed by atoms with Crippen molar-refractivity contribution in [2.45, 2.75) is 4.90 Å². The van der Waals surface area contributed by atoms with Gasteiger partial charge in [-0.15, -0.1) is 12.6 Å². The molecule has 2 aromatic carbocycles. The van der Waals surface area contributed by atoms with Gasteiger partial charge in [-0.1, -0.05) is 18.2 Å². The monoisotopic (exact) mass is 504 g/mol. The molecule has 0 fully saturated rings. The first kappa shape index (κ1) is 16.9. The molecule has 0 bridgehead atoms. The van der Waals surface area contributed by atoms with Gasteiger partial charge in [0.05, 0.1) is 0 Å². The molecule has 0 unspecified atom stereocenters. The Morgan fingerprint density at radius 2 is 1.06 bits per heavy atom. The van der Waals surface area contributed by atoms with Gasteiger partial charge >= 0.3 is 0 Å². The maximum Gasteiger partial charge on any atom is 0.0131 e. The van der Waals surface area contributed by atoms with Crippen LogP contribution in [0.15, 0.2) is 59.5 Å². The molecule has 0 aliphatic heterocycles. The second-order valence-electron chi connectivity index (χ2n) is 2.77. The predicted molar refractivity (Wildman–Crippen MR) is 85.6 cm³/mol. The fourth-order valence-corrected chi connectivity index (χ4v) is 1.75. The fraction of sp³-hybridized carbons (Fsp3) is 0. The smallest absolute Gasteiger partial charge is 0.0131 e. The van der Waals surface area contributed by atoms with Gasteiger partial charge in [0, 0.05) is 31.5 Å². The number of halogens is 2. The van der Waals surface area contributed by atoms with Crippen LogP contribution in [0.3, 0.4) is 0 Å². The quantitative estimate of drug-likeness (QED) is 0.295. The number of rotatable bonds is 0. The Hall–Kier alpha value is 0.873. The molecule has 2 aromatic rings. The Balaban J connectivity index is 0.000000267. The minimum absolute atomic E-state index is 0. The second-order valence-corrected chi connectivity index (χ2v) is 5.78. The van der Waals surface area contributed by atoms with E-state index >= 15 is 0 Å². The average Bonchev–Trinajstić information content (AvgIpc) is 2.25. The van der Waals surface area contributed by atoms with Crippen molar-refractivity contribution in [1.29, 1.82) is 0 Å². The van der Waals surface area contributed by atoms with Crippen LogP contribution in [0, 0.1) is 7.14 Å². The van der Waals surface area contributed by atoms with Crippen molar-refractivity contribution < 1.29 is 19.5 Å². The molecular weight excluding hydrogens is 495 g/mol. The van der Waals surface area contributed by atoms with Gasteiger partial charge in [-0.3, -0.25) is 0 Å². The van der Waals surface area contributed by atoms with E-state index in [1.165, 1.54) is 7.14 Å². The predicted octanol–water partition coefficient (Wildman–Crippen LogP) is 4.87. The summed E-state index contributed by atoms with van der Waals surface area (Å²) >= 11 is 8.67. The minimum atomic E-state index is 0. The fourth-order valence-electron chi connectivity index (χ4n) is 0.858. The summed E-state index contributed by atoms with van der Waals surface area (Å²) in [5.41, 5.74) is 0. The molecule has 0 atom stereocenters. The van der Waals surface area contributed by atoms with Crippen molar-refractivity contribution in [3.05, 3.63) is 61.7 Å². The third kappa shape index (κ3) is 8.04. The molecule has 0 amide bonds. The first-order chi connectivity index (χ1) is 7.18. The summed E-state index contributed by atoms with van der Waals surface area (Å²) in [4.78, 5) is 1.02. The molecule has 2 rings (SSSR count). The SMILES string of the molecule is Ic1ccc(I)cc1.Sc1ccccc1.[Zn]. The Bertz CT molecular complexity index is 369. The summed E-state index contributed by atoms with van der Waals surface area (Å²) in [5, 5.41) is 0. The van der Waals surface area contributed by atoms with E-state index in [1.54, 1.807) is 0 Å². The zero-order valence-corrected chi connectivity index (χ0v) is 16.8. The van der Waals surface area contributed by atoms with E-state index in [1.807, 2.05) is 30.3 Å². The maximum absolute atomic E-state index is 4.08. The van der Waals surface area contributed by atoms with Crippen molar-refractivity contribution in [3.8, 4) is 0 Å². The Labute approximate surface area is 142 Å². The standard InChI is InChI=1S/C6H4I2.C6H6S.Zn/c7-5-1-2-6(8)4-3-5;7-6-4-2-1-3-5-6;/h1-4H;1-5,7H;. The molecule has 0 aromatic heterocycles. The first-order valence-corrected chi connectivity index (χ1v) is 6.94. The molecule has 80 valence electrons. The minimum Gasteiger partial charge on any atom is -0.143 e. The van der Waals surface area contributed by atoms with Gasteiger partial charge in [-0.2, -0.15) is 0 Å². The molecule has 0 heterocycles. The van der Waals surface area contributed by atoms with Crippen LogP contribution in [-0.2, 0) is 19.5 Å². The largest absolute Gasteiger partial charge is 0.143 e. The maximum atomic E-state index is 4.08. The molecule has 0 saturated heterocycles. The van der Waals surface area contributed by atoms with Crippen LogP contribution < -0.4 is 0 Å². The molecule has 0 radical (unpaired) electrons. The molecular formula is C12H10I2SZn. The van der Waals surface area contributed by atoms with E-state index < -0.39 is 0 Å². The van der Waals surface area contributed by atoms with E-state index in [0.717, 1.165) is 4.90 Å². The second kappa shape index (κ2) is 9.86. The number of benzene rings is 2. The van der Waals surface area contributed by atoms with Crippen LogP contribution in [-0.4, -0.2) is 0 Å². The third-order valence-corrected chi connectivity index (χ3v) is 3.30. The van der Waals surface area contributed by atoms with Crippen LogP contribution in [0.25, 0.3) is 0 Å². The number of hydrogen-bond donors (Lipinski definition) is 1. The van der Waals surface area contributed by atoms with E-state index in [9.17, 15) is 0 Å². The molecule has 0 nitrogen and oxygen atoms in total. The van der Waals surface area contributed by atoms with Crippen molar-refractivity contribution >= 4 is 57.8 Å². The molecule has 16 heavy (non-hydrogen) atoms. The van der Waals surface area contributed by atoms with E-state index in [4.69, 9.17) is 0 Å². The zero-order valence-electron chi connectivity index (χ0n) is 8.61. The molecule has 0 saturated carbocycles. The molecule has 0 N–H and O–H groups in total. The Kier molecular flexibility index (Phi) is 10.4. The van der Waals surface area contributed by atoms with Crippen molar-refractivity contribution in [3.63, 3.8) is 0 Å². The summed E-state index contributed by atoms with van der Waals surface area (Å²) in [6.45, 7) is 0. The van der Waals surface area contributed by atoms with E-state index in [2.05, 4.69) is 82.1 Å². The number of thiol groups is 1. The van der Waals surface area contributed by atoms with Crippen LogP contribution in [0.5, 0.6) is 0 Å². The summed E-state index contributed by atoms with van der Waals surface area (Å²) in [6.07, 6.45) is 0. The van der Waals surface area contributed by atoms with Crippen LogP contribution in [0.2, 0.25) is 0 Å². The Morgan fingerprint density at radius 3 is 1.31 bits per heavy atom. The van der Waals surface area contributed by atoms with Gasteiger partial charge in [0.15, 0.2) is 0 Å². The van der Waals surface area contributed by atoms with E-state index in [-0.39, 0.29) is 19.5 Å². The van der Waals surface area contributed by atoms with Gasteiger partial charge in [-0.25, -0.2) is 0 Å². The van der Waals surface area contributed by atoms with Crippen molar-refractivity contribution in [2.24, 2.45) is 0 Å². The van der Waals surface area contributed by atoms with Crippen molar-refractivity contribution in [2.75, 3.05) is 0 Å². The average molecular weight is 505 g/mol. The van der Waals surface area contributed by atoms with Gasteiger partial charge < -0.3 is 0 Å². The summed E-state index contributed by atoms with van der Waals surface area (Å²) in [6, 6.07) is 18.2. The van der Waals surface area contributed by atoms with E-state index in [0.29, 0.717) is 0 Å². The third-order valence-electron chi connectivity index (χ3n) is 1.56. The summed E-state index contributed by atoms with van der Waals surface area (Å²) in [5.74, 6) is 0. The van der Waals surface area contributed by atoms with Gasteiger partial charge in [0.2, 0.25) is 0 Å². The van der Waals surface area contributed by atoms with Crippen molar-refractivity contribution in [1.82, 2.24) is 0 Å². The molecule has 4 heteroatoms. The topological polar surface area (TPSA) is 0 Å². The molecule has 0 spiro atoms. The van der Waals surface area contributed by atoms with Crippen LogP contribution >= 0.6 is 57.8 Å². The first-order valence-electron chi connectivity index (χ1n) is 4.33. The summed E-state index contributed by atoms with van der Waals surface area (Å²) < 4.78 is 2.59. The molecule has 0 aliphatic carbocycles. The van der Waals surface area contributed by atoms with Gasteiger partial charge in [-0.05, 0) is 81.6 Å². The Morgan fingerprint density at radius 1 is 0.688 bits per heavy atom. The van der Waals surface area contributed by atoms with Crippen LogP contribution in [0.4, 0.5) is 0 Å². The van der Waals surface area contributed by atoms with Gasteiger partial charge in [0.25, 0.3) is 0 Å².